The average molecular weight is 482 g/mol. The molecule has 5 rings (SSSR count). The summed E-state index contributed by atoms with van der Waals surface area (Å²) in [5.74, 6) is 2.05. The summed E-state index contributed by atoms with van der Waals surface area (Å²) in [5, 5.41) is 3.10. The normalized spacial score (nSPS) is 28.4. The molecule has 0 bridgehead atoms. The summed E-state index contributed by atoms with van der Waals surface area (Å²) in [6.07, 6.45) is 16.8. The number of rotatable bonds is 7. The van der Waals surface area contributed by atoms with E-state index in [-0.39, 0.29) is 23.7 Å². The molecule has 7 nitrogen and oxygen atoms in total. The number of carbonyl (C=O) groups excluding carboxylic acids is 2. The van der Waals surface area contributed by atoms with Crippen LogP contribution in [-0.4, -0.2) is 39.8 Å². The van der Waals surface area contributed by atoms with Gasteiger partial charge in [-0.2, -0.15) is 0 Å². The van der Waals surface area contributed by atoms with E-state index in [1.54, 1.807) is 12.3 Å². The predicted molar refractivity (Wildman–Crippen MR) is 137 cm³/mol. The van der Waals surface area contributed by atoms with Crippen molar-refractivity contribution in [2.45, 2.75) is 102 Å². The van der Waals surface area contributed by atoms with Crippen molar-refractivity contribution in [3.63, 3.8) is 0 Å². The molecule has 3 atom stereocenters. The van der Waals surface area contributed by atoms with Crippen molar-refractivity contribution in [2.75, 3.05) is 12.3 Å². The van der Waals surface area contributed by atoms with Gasteiger partial charge in [-0.05, 0) is 54.6 Å². The molecule has 0 aromatic carbocycles. The highest BCUT2D eigenvalue weighted by molar-refractivity contribution is 5.96. The van der Waals surface area contributed by atoms with E-state index in [2.05, 4.69) is 10.3 Å². The summed E-state index contributed by atoms with van der Waals surface area (Å²) < 4.78 is 0. The number of anilines is 1. The molecule has 1 saturated heterocycles. The Hall–Kier alpha value is -2.15. The Morgan fingerprint density at radius 1 is 1.00 bits per heavy atom. The number of carbonyl (C=O) groups is 2. The van der Waals surface area contributed by atoms with E-state index in [1.165, 1.54) is 64.2 Å². The Balaban J connectivity index is 1.32. The number of likely N-dealkylation sites (tertiary alicyclic amines) is 1. The Kier molecular flexibility index (Phi) is 7.33. The highest BCUT2D eigenvalue weighted by Gasteiger charge is 2.66. The van der Waals surface area contributed by atoms with Crippen LogP contribution in [0.1, 0.15) is 89.0 Å². The van der Waals surface area contributed by atoms with Crippen LogP contribution in [0.4, 0.5) is 5.82 Å². The van der Waals surface area contributed by atoms with Crippen molar-refractivity contribution in [1.82, 2.24) is 15.2 Å². The zero-order valence-corrected chi connectivity index (χ0v) is 21.1. The van der Waals surface area contributed by atoms with Gasteiger partial charge in [0, 0.05) is 19.3 Å². The zero-order valence-electron chi connectivity index (χ0n) is 21.1. The number of amides is 2. The first kappa shape index (κ1) is 24.5. The number of hydrogen-bond acceptors (Lipinski definition) is 5. The summed E-state index contributed by atoms with van der Waals surface area (Å²) in [6, 6.07) is 3.13. The van der Waals surface area contributed by atoms with E-state index >= 15 is 0 Å². The maximum absolute atomic E-state index is 14.1. The van der Waals surface area contributed by atoms with Gasteiger partial charge in [0.2, 0.25) is 11.8 Å². The molecule has 7 heteroatoms. The lowest BCUT2D eigenvalue weighted by Crippen LogP contribution is -2.61. The SMILES string of the molecule is Nc1ccc(CNC(=O)[C@]23C[C@H]2CCCN3C(=O)[C@H](N)C(C2CCCCC2)C2CCCCC2)cn1. The predicted octanol–water partition coefficient (Wildman–Crippen LogP) is 3.77. The van der Waals surface area contributed by atoms with Gasteiger partial charge in [-0.1, -0.05) is 70.3 Å². The molecule has 3 saturated carbocycles. The first-order chi connectivity index (χ1) is 17.0. The number of pyridine rings is 1. The minimum Gasteiger partial charge on any atom is -0.384 e. The Labute approximate surface area is 209 Å². The van der Waals surface area contributed by atoms with Gasteiger partial charge in [0.15, 0.2) is 0 Å². The summed E-state index contributed by atoms with van der Waals surface area (Å²) in [5.41, 5.74) is 12.8. The molecule has 2 heterocycles. The van der Waals surface area contributed by atoms with Gasteiger partial charge in [0.05, 0.1) is 6.04 Å². The fourth-order valence-corrected chi connectivity index (χ4v) is 7.62. The minimum atomic E-state index is -0.710. The number of fused-ring (bicyclic) bond motifs is 1. The van der Waals surface area contributed by atoms with Crippen LogP contribution in [-0.2, 0) is 16.1 Å². The maximum Gasteiger partial charge on any atom is 0.246 e. The fraction of sp³-hybridized carbons (Fsp3) is 0.750. The van der Waals surface area contributed by atoms with Crippen LogP contribution < -0.4 is 16.8 Å². The summed E-state index contributed by atoms with van der Waals surface area (Å²) in [4.78, 5) is 33.6. The second-order valence-corrected chi connectivity index (χ2v) is 11.6. The van der Waals surface area contributed by atoms with Gasteiger partial charge >= 0.3 is 0 Å². The standard InChI is InChI=1S/C28H43N5O2/c29-23-14-13-19(17-31-23)18-32-27(35)28-16-22(28)12-7-15-33(28)26(34)25(30)24(20-8-3-1-4-9-20)21-10-5-2-6-11-21/h13-14,17,20-22,24-25H,1-12,15-16,18,30H2,(H2,29,31)(H,32,35)/t22-,25-,28+/m1/s1. The summed E-state index contributed by atoms with van der Waals surface area (Å²) in [6.45, 7) is 1.03. The molecule has 0 spiro atoms. The molecular weight excluding hydrogens is 438 g/mol. The average Bonchev–Trinajstić information content (AvgIpc) is 3.65. The van der Waals surface area contributed by atoms with Crippen molar-refractivity contribution in [3.8, 4) is 0 Å². The number of piperidine rings is 1. The number of nitrogens with zero attached hydrogens (tertiary/aromatic N) is 2. The lowest BCUT2D eigenvalue weighted by atomic mass is 9.66. The molecule has 3 aliphatic carbocycles. The molecule has 2 amide bonds. The molecule has 4 aliphatic rings. The molecule has 192 valence electrons. The van der Waals surface area contributed by atoms with Crippen molar-refractivity contribution in [1.29, 1.82) is 0 Å². The van der Waals surface area contributed by atoms with E-state index in [0.717, 1.165) is 24.8 Å². The van der Waals surface area contributed by atoms with Crippen LogP contribution in [0.15, 0.2) is 18.3 Å². The molecule has 4 fully saturated rings. The van der Waals surface area contributed by atoms with Crippen LogP contribution in [0, 0.1) is 23.7 Å². The molecule has 0 radical (unpaired) electrons. The minimum absolute atomic E-state index is 0.0256. The zero-order chi connectivity index (χ0) is 24.4. The van der Waals surface area contributed by atoms with Crippen LogP contribution in [0.25, 0.3) is 0 Å². The third-order valence-electron chi connectivity index (χ3n) is 9.54. The molecule has 1 aromatic heterocycles. The Bertz CT molecular complexity index is 875. The number of nitrogens with one attached hydrogen (secondary N) is 1. The van der Waals surface area contributed by atoms with E-state index in [0.29, 0.717) is 30.7 Å². The third-order valence-corrected chi connectivity index (χ3v) is 9.54. The van der Waals surface area contributed by atoms with Crippen molar-refractivity contribution >= 4 is 17.6 Å². The lowest BCUT2D eigenvalue weighted by Gasteiger charge is -2.44. The van der Waals surface area contributed by atoms with Crippen LogP contribution in [0.5, 0.6) is 0 Å². The third kappa shape index (κ3) is 4.93. The summed E-state index contributed by atoms with van der Waals surface area (Å²) >= 11 is 0. The molecule has 1 aliphatic heterocycles. The second-order valence-electron chi connectivity index (χ2n) is 11.6. The number of nitrogen functional groups attached to an aromatic ring is 1. The molecule has 35 heavy (non-hydrogen) atoms. The highest BCUT2D eigenvalue weighted by atomic mass is 16.2. The van der Waals surface area contributed by atoms with Crippen molar-refractivity contribution < 1.29 is 9.59 Å². The maximum atomic E-state index is 14.1. The summed E-state index contributed by atoms with van der Waals surface area (Å²) in [7, 11) is 0. The van der Waals surface area contributed by atoms with Gasteiger partial charge in [-0.25, -0.2) is 4.98 Å². The highest BCUT2D eigenvalue weighted by Crippen LogP contribution is 2.55. The quantitative estimate of drug-likeness (QED) is 0.548. The van der Waals surface area contributed by atoms with Crippen molar-refractivity contribution in [3.05, 3.63) is 23.9 Å². The van der Waals surface area contributed by atoms with E-state index < -0.39 is 11.6 Å². The monoisotopic (exact) mass is 481 g/mol. The van der Waals surface area contributed by atoms with Gasteiger partial charge in [0.1, 0.15) is 11.4 Å². The largest absolute Gasteiger partial charge is 0.384 e. The van der Waals surface area contributed by atoms with Gasteiger partial charge in [0.25, 0.3) is 0 Å². The number of aromatic nitrogens is 1. The lowest BCUT2D eigenvalue weighted by molar-refractivity contribution is -0.147. The topological polar surface area (TPSA) is 114 Å². The van der Waals surface area contributed by atoms with Crippen LogP contribution >= 0.6 is 0 Å². The smallest absolute Gasteiger partial charge is 0.246 e. The second kappa shape index (κ2) is 10.5. The first-order valence-electron chi connectivity index (χ1n) is 14.1. The van der Waals surface area contributed by atoms with Gasteiger partial charge in [-0.3, -0.25) is 9.59 Å². The Morgan fingerprint density at radius 3 is 2.26 bits per heavy atom. The van der Waals surface area contributed by atoms with Gasteiger partial charge in [-0.15, -0.1) is 0 Å². The van der Waals surface area contributed by atoms with Gasteiger partial charge < -0.3 is 21.7 Å². The molecular formula is C28H43N5O2. The van der Waals surface area contributed by atoms with E-state index in [4.69, 9.17) is 11.5 Å². The molecule has 0 unspecified atom stereocenters. The van der Waals surface area contributed by atoms with E-state index in [9.17, 15) is 9.59 Å². The first-order valence-corrected chi connectivity index (χ1v) is 14.1. The van der Waals surface area contributed by atoms with Crippen LogP contribution in [0.2, 0.25) is 0 Å². The number of hydrogen-bond donors (Lipinski definition) is 3. The fourth-order valence-electron chi connectivity index (χ4n) is 7.62. The van der Waals surface area contributed by atoms with Crippen LogP contribution in [0.3, 0.4) is 0 Å². The number of nitrogens with two attached hydrogens (primary N) is 2. The van der Waals surface area contributed by atoms with Crippen molar-refractivity contribution in [2.24, 2.45) is 29.4 Å². The molecule has 5 N–H and O–H groups in total. The Morgan fingerprint density at radius 2 is 1.66 bits per heavy atom. The molecule has 1 aromatic rings. The van der Waals surface area contributed by atoms with E-state index in [1.807, 2.05) is 11.0 Å².